The van der Waals surface area contributed by atoms with E-state index < -0.39 is 4.92 Å². The van der Waals surface area contributed by atoms with E-state index in [1.165, 1.54) is 12.1 Å². The highest BCUT2D eigenvalue weighted by atomic mass is 16.6. The Kier molecular flexibility index (Phi) is 5.97. The van der Waals surface area contributed by atoms with Crippen LogP contribution in [-0.2, 0) is 11.3 Å². The molecule has 2 rings (SSSR count). The number of anilines is 1. The Morgan fingerprint density at radius 2 is 2.12 bits per heavy atom. The van der Waals surface area contributed by atoms with E-state index in [0.717, 1.165) is 0 Å². The number of nitro groups is 1. The molecular formula is C16H23N3O5. The number of amides is 1. The van der Waals surface area contributed by atoms with Crippen molar-refractivity contribution in [3.05, 3.63) is 33.9 Å². The summed E-state index contributed by atoms with van der Waals surface area (Å²) in [4.78, 5) is 24.2. The zero-order valence-electron chi connectivity index (χ0n) is 13.9. The summed E-state index contributed by atoms with van der Waals surface area (Å²) in [6.07, 6.45) is 0.871. The van der Waals surface area contributed by atoms with Crippen LogP contribution in [0.25, 0.3) is 0 Å². The molecule has 0 spiro atoms. The van der Waals surface area contributed by atoms with Crippen molar-refractivity contribution in [3.63, 3.8) is 0 Å². The molecule has 0 atom stereocenters. The van der Waals surface area contributed by atoms with Crippen molar-refractivity contribution in [2.24, 2.45) is 0 Å². The summed E-state index contributed by atoms with van der Waals surface area (Å²) in [5.41, 5.74) is 0.990. The smallest absolute Gasteiger partial charge is 0.410 e. The van der Waals surface area contributed by atoms with E-state index >= 15 is 0 Å². The second-order valence-corrected chi connectivity index (χ2v) is 6.10. The number of hydrogen-bond donors (Lipinski definition) is 2. The first-order chi connectivity index (χ1) is 11.4. The fraction of sp³-hybridized carbons (Fsp3) is 0.562. The number of benzene rings is 1. The maximum atomic E-state index is 11.9. The largest absolute Gasteiger partial charge is 0.447 e. The van der Waals surface area contributed by atoms with E-state index in [1.807, 2.05) is 0 Å². The molecule has 8 nitrogen and oxygen atoms in total. The first-order valence-corrected chi connectivity index (χ1v) is 8.01. The molecule has 1 aromatic rings. The van der Waals surface area contributed by atoms with Crippen LogP contribution >= 0.6 is 0 Å². The van der Waals surface area contributed by atoms with Gasteiger partial charge in [-0.05, 0) is 44.4 Å². The van der Waals surface area contributed by atoms with E-state index in [0.29, 0.717) is 37.2 Å². The minimum Gasteiger partial charge on any atom is -0.447 e. The van der Waals surface area contributed by atoms with Crippen LogP contribution in [0.3, 0.4) is 0 Å². The Bertz CT molecular complexity index is 597. The number of aliphatic hydroxyl groups excluding tert-OH is 1. The number of piperidine rings is 1. The third-order valence-corrected chi connectivity index (χ3v) is 3.89. The van der Waals surface area contributed by atoms with Crippen molar-refractivity contribution in [1.82, 2.24) is 4.90 Å². The topological polar surface area (TPSA) is 105 Å². The highest BCUT2D eigenvalue weighted by Gasteiger charge is 2.26. The first kappa shape index (κ1) is 18.0. The summed E-state index contributed by atoms with van der Waals surface area (Å²) in [7, 11) is 0. The average molecular weight is 337 g/mol. The van der Waals surface area contributed by atoms with E-state index in [-0.39, 0.29) is 30.5 Å². The van der Waals surface area contributed by atoms with Crippen LogP contribution in [0, 0.1) is 10.1 Å². The molecule has 2 N–H and O–H groups in total. The van der Waals surface area contributed by atoms with Crippen LogP contribution < -0.4 is 5.32 Å². The number of nitrogens with zero attached hydrogens (tertiary/aromatic N) is 2. The molecule has 1 aromatic carbocycles. The standard InChI is InChI=1S/C16H23N3O5/c1-11(2)24-16(21)18-7-5-13(6-8-18)17-14-9-12(10-20)3-4-15(14)19(22)23/h3-4,9,11,13,17,20H,5-8,10H2,1-2H3. The van der Waals surface area contributed by atoms with E-state index in [1.54, 1.807) is 24.8 Å². The molecule has 1 heterocycles. The van der Waals surface area contributed by atoms with Gasteiger partial charge < -0.3 is 20.1 Å². The number of ether oxygens (including phenoxy) is 1. The predicted octanol–water partition coefficient (Wildman–Crippen LogP) is 2.51. The third kappa shape index (κ3) is 4.58. The van der Waals surface area contributed by atoms with Crippen LogP contribution in [0.15, 0.2) is 18.2 Å². The van der Waals surface area contributed by atoms with Gasteiger partial charge in [-0.1, -0.05) is 0 Å². The lowest BCUT2D eigenvalue weighted by molar-refractivity contribution is -0.384. The molecule has 1 saturated heterocycles. The van der Waals surface area contributed by atoms with Gasteiger partial charge in [-0.2, -0.15) is 0 Å². The van der Waals surface area contributed by atoms with Crippen LogP contribution in [0.2, 0.25) is 0 Å². The highest BCUT2D eigenvalue weighted by molar-refractivity contribution is 5.68. The van der Waals surface area contributed by atoms with Crippen molar-refractivity contribution < 1.29 is 19.6 Å². The summed E-state index contributed by atoms with van der Waals surface area (Å²) in [6.45, 7) is 4.51. The number of hydrogen-bond acceptors (Lipinski definition) is 6. The number of likely N-dealkylation sites (tertiary alicyclic amines) is 1. The summed E-state index contributed by atoms with van der Waals surface area (Å²) in [5.74, 6) is 0. The minimum absolute atomic E-state index is 0.0196. The van der Waals surface area contributed by atoms with Crippen LogP contribution in [0.4, 0.5) is 16.2 Å². The molecule has 0 saturated carbocycles. The van der Waals surface area contributed by atoms with Crippen molar-refractivity contribution in [1.29, 1.82) is 0 Å². The number of nitrogens with one attached hydrogen (secondary N) is 1. The SMILES string of the molecule is CC(C)OC(=O)N1CCC(Nc2cc(CO)ccc2[N+](=O)[O-])CC1. The van der Waals surface area contributed by atoms with E-state index in [2.05, 4.69) is 5.32 Å². The molecule has 132 valence electrons. The fourth-order valence-corrected chi connectivity index (χ4v) is 2.66. The van der Waals surface area contributed by atoms with E-state index in [9.17, 15) is 20.0 Å². The van der Waals surface area contributed by atoms with Crippen molar-refractivity contribution >= 4 is 17.5 Å². The Hall–Kier alpha value is -2.35. The molecule has 1 aliphatic heterocycles. The van der Waals surface area contributed by atoms with Gasteiger partial charge in [0, 0.05) is 25.2 Å². The van der Waals surface area contributed by atoms with Gasteiger partial charge in [-0.15, -0.1) is 0 Å². The molecule has 0 aliphatic carbocycles. The number of rotatable bonds is 5. The molecule has 0 unspecified atom stereocenters. The number of nitro benzene ring substituents is 1. The number of carbonyl (C=O) groups is 1. The third-order valence-electron chi connectivity index (χ3n) is 3.89. The summed E-state index contributed by atoms with van der Waals surface area (Å²) in [5, 5.41) is 23.5. The number of aliphatic hydroxyl groups is 1. The van der Waals surface area contributed by atoms with Crippen molar-refractivity contribution in [2.75, 3.05) is 18.4 Å². The van der Waals surface area contributed by atoms with Gasteiger partial charge in [0.25, 0.3) is 5.69 Å². The fourth-order valence-electron chi connectivity index (χ4n) is 2.66. The minimum atomic E-state index is -0.446. The Morgan fingerprint density at radius 1 is 1.46 bits per heavy atom. The van der Waals surface area contributed by atoms with Crippen LogP contribution in [0.1, 0.15) is 32.3 Å². The molecule has 0 aromatic heterocycles. The quantitative estimate of drug-likeness (QED) is 0.632. The van der Waals surface area contributed by atoms with Crippen LogP contribution in [0.5, 0.6) is 0 Å². The Morgan fingerprint density at radius 3 is 2.67 bits per heavy atom. The second-order valence-electron chi connectivity index (χ2n) is 6.10. The molecule has 1 aliphatic rings. The summed E-state index contributed by atoms with van der Waals surface area (Å²) < 4.78 is 5.17. The van der Waals surface area contributed by atoms with Gasteiger partial charge in [-0.25, -0.2) is 4.79 Å². The zero-order chi connectivity index (χ0) is 17.7. The van der Waals surface area contributed by atoms with E-state index in [4.69, 9.17) is 4.74 Å². The van der Waals surface area contributed by atoms with Gasteiger partial charge in [0.05, 0.1) is 17.6 Å². The lowest BCUT2D eigenvalue weighted by Gasteiger charge is -2.32. The van der Waals surface area contributed by atoms with Crippen molar-refractivity contribution in [3.8, 4) is 0 Å². The monoisotopic (exact) mass is 337 g/mol. The molecule has 0 bridgehead atoms. The average Bonchev–Trinajstić information content (AvgIpc) is 2.54. The molecule has 8 heteroatoms. The number of carbonyl (C=O) groups excluding carboxylic acids is 1. The van der Waals surface area contributed by atoms with Gasteiger partial charge in [0.15, 0.2) is 0 Å². The van der Waals surface area contributed by atoms with Crippen LogP contribution in [-0.4, -0.2) is 46.3 Å². The van der Waals surface area contributed by atoms with Gasteiger partial charge >= 0.3 is 6.09 Å². The zero-order valence-corrected chi connectivity index (χ0v) is 13.9. The Labute approximate surface area is 140 Å². The summed E-state index contributed by atoms with van der Waals surface area (Å²) >= 11 is 0. The highest BCUT2D eigenvalue weighted by Crippen LogP contribution is 2.28. The second kappa shape index (κ2) is 7.96. The van der Waals surface area contributed by atoms with Gasteiger partial charge in [0.1, 0.15) is 5.69 Å². The normalized spacial score (nSPS) is 15.4. The van der Waals surface area contributed by atoms with Gasteiger partial charge in [-0.3, -0.25) is 10.1 Å². The molecular weight excluding hydrogens is 314 g/mol. The lowest BCUT2D eigenvalue weighted by Crippen LogP contribution is -2.43. The predicted molar refractivity (Wildman–Crippen MR) is 88.9 cm³/mol. The van der Waals surface area contributed by atoms with Crippen molar-refractivity contribution in [2.45, 2.75) is 45.4 Å². The first-order valence-electron chi connectivity index (χ1n) is 8.01. The molecule has 1 fully saturated rings. The molecule has 1 amide bonds. The lowest BCUT2D eigenvalue weighted by atomic mass is 10.0. The summed E-state index contributed by atoms with van der Waals surface area (Å²) in [6, 6.07) is 4.55. The maximum Gasteiger partial charge on any atom is 0.410 e. The Balaban J connectivity index is 1.99. The van der Waals surface area contributed by atoms with Gasteiger partial charge in [0.2, 0.25) is 0 Å². The molecule has 0 radical (unpaired) electrons. The molecule has 24 heavy (non-hydrogen) atoms. The maximum absolute atomic E-state index is 11.9.